The molecule has 5 nitrogen and oxygen atoms in total. The highest BCUT2D eigenvalue weighted by Crippen LogP contribution is 2.28. The lowest BCUT2D eigenvalue weighted by Crippen LogP contribution is -2.39. The number of carbonyl (C=O) groups excluding carboxylic acids is 1. The second kappa shape index (κ2) is 11.5. The third-order valence-electron chi connectivity index (χ3n) is 5.70. The SMILES string of the molecule is CCOC(=O)C(C)(C)Oc1ccc(SCCc2nc(-c3ccc(-c4ccccc4)cc3)oc2C)cc1. The number of nitrogens with zero attached hydrogens (tertiary/aromatic N) is 1. The summed E-state index contributed by atoms with van der Waals surface area (Å²) in [5.41, 5.74) is 3.26. The summed E-state index contributed by atoms with van der Waals surface area (Å²) in [4.78, 5) is 17.9. The largest absolute Gasteiger partial charge is 0.476 e. The molecule has 186 valence electrons. The minimum Gasteiger partial charge on any atom is -0.476 e. The van der Waals surface area contributed by atoms with Crippen LogP contribution in [0.2, 0.25) is 0 Å². The van der Waals surface area contributed by atoms with Gasteiger partial charge in [0.1, 0.15) is 11.5 Å². The van der Waals surface area contributed by atoms with Crippen molar-refractivity contribution in [3.05, 3.63) is 90.3 Å². The molecule has 3 aromatic carbocycles. The molecule has 0 radical (unpaired) electrons. The van der Waals surface area contributed by atoms with Gasteiger partial charge in [0.25, 0.3) is 0 Å². The Labute approximate surface area is 216 Å². The number of aryl methyl sites for hydroxylation is 2. The minimum atomic E-state index is -1.03. The highest BCUT2D eigenvalue weighted by Gasteiger charge is 2.31. The number of aromatic nitrogens is 1. The van der Waals surface area contributed by atoms with Gasteiger partial charge in [-0.2, -0.15) is 0 Å². The quantitative estimate of drug-likeness (QED) is 0.167. The van der Waals surface area contributed by atoms with Crippen LogP contribution in [0.4, 0.5) is 0 Å². The van der Waals surface area contributed by atoms with E-state index in [1.807, 2.05) is 49.4 Å². The van der Waals surface area contributed by atoms with E-state index in [2.05, 4.69) is 36.4 Å². The fraction of sp³-hybridized carbons (Fsp3) is 0.267. The summed E-state index contributed by atoms with van der Waals surface area (Å²) in [5, 5.41) is 0. The summed E-state index contributed by atoms with van der Waals surface area (Å²) < 4.78 is 16.9. The lowest BCUT2D eigenvalue weighted by molar-refractivity contribution is -0.158. The van der Waals surface area contributed by atoms with Gasteiger partial charge < -0.3 is 13.9 Å². The first kappa shape index (κ1) is 25.6. The summed E-state index contributed by atoms with van der Waals surface area (Å²) >= 11 is 1.74. The molecule has 0 aliphatic carbocycles. The van der Waals surface area contributed by atoms with Crippen LogP contribution in [-0.2, 0) is 16.0 Å². The van der Waals surface area contributed by atoms with Crippen molar-refractivity contribution < 1.29 is 18.7 Å². The normalized spacial score (nSPS) is 11.3. The molecule has 4 rings (SSSR count). The molecular formula is C30H31NO4S. The van der Waals surface area contributed by atoms with E-state index >= 15 is 0 Å². The molecular weight excluding hydrogens is 470 g/mol. The second-order valence-electron chi connectivity index (χ2n) is 8.87. The van der Waals surface area contributed by atoms with Gasteiger partial charge in [0.15, 0.2) is 5.60 Å². The van der Waals surface area contributed by atoms with E-state index in [0.29, 0.717) is 18.2 Å². The number of benzene rings is 3. The predicted molar refractivity (Wildman–Crippen MR) is 144 cm³/mol. The van der Waals surface area contributed by atoms with Crippen molar-refractivity contribution in [1.82, 2.24) is 4.98 Å². The van der Waals surface area contributed by atoms with Crippen molar-refractivity contribution in [3.63, 3.8) is 0 Å². The van der Waals surface area contributed by atoms with Gasteiger partial charge in [-0.05, 0) is 75.2 Å². The van der Waals surface area contributed by atoms with E-state index < -0.39 is 5.60 Å². The Morgan fingerprint density at radius 3 is 2.22 bits per heavy atom. The molecule has 0 atom stereocenters. The van der Waals surface area contributed by atoms with E-state index in [1.54, 1.807) is 32.5 Å². The molecule has 4 aromatic rings. The van der Waals surface area contributed by atoms with E-state index in [-0.39, 0.29) is 5.97 Å². The number of carbonyl (C=O) groups is 1. The second-order valence-corrected chi connectivity index (χ2v) is 10.0. The van der Waals surface area contributed by atoms with E-state index in [1.165, 1.54) is 11.1 Å². The minimum absolute atomic E-state index is 0.328. The zero-order chi connectivity index (χ0) is 25.5. The van der Waals surface area contributed by atoms with Crippen molar-refractivity contribution >= 4 is 17.7 Å². The molecule has 1 aromatic heterocycles. The average molecular weight is 502 g/mol. The molecule has 0 unspecified atom stereocenters. The molecule has 36 heavy (non-hydrogen) atoms. The maximum atomic E-state index is 12.0. The van der Waals surface area contributed by atoms with Crippen molar-refractivity contribution in [2.24, 2.45) is 0 Å². The molecule has 0 aliphatic rings. The molecule has 0 saturated heterocycles. The van der Waals surface area contributed by atoms with Crippen LogP contribution in [0.25, 0.3) is 22.6 Å². The molecule has 0 aliphatic heterocycles. The Morgan fingerprint density at radius 1 is 0.917 bits per heavy atom. The first-order valence-corrected chi connectivity index (χ1v) is 13.1. The van der Waals surface area contributed by atoms with Crippen LogP contribution in [0.3, 0.4) is 0 Å². The lowest BCUT2D eigenvalue weighted by Gasteiger charge is -2.24. The fourth-order valence-corrected chi connectivity index (χ4v) is 4.59. The standard InChI is InChI=1S/C30H31NO4S/c1-5-33-29(32)30(3,4)35-25-15-17-26(18-16-25)36-20-19-27-21(2)34-28(31-27)24-13-11-23(12-14-24)22-9-7-6-8-10-22/h6-18H,5,19-20H2,1-4H3. The number of oxazole rings is 1. The Bertz CT molecular complexity index is 1280. The topological polar surface area (TPSA) is 61.6 Å². The highest BCUT2D eigenvalue weighted by molar-refractivity contribution is 7.99. The van der Waals surface area contributed by atoms with Gasteiger partial charge in [0.05, 0.1) is 12.3 Å². The zero-order valence-electron chi connectivity index (χ0n) is 21.1. The summed E-state index contributed by atoms with van der Waals surface area (Å²) in [6, 6.07) is 26.4. The van der Waals surface area contributed by atoms with Crippen LogP contribution >= 0.6 is 11.8 Å². The van der Waals surface area contributed by atoms with Gasteiger partial charge in [-0.15, -0.1) is 11.8 Å². The number of esters is 1. The number of thioether (sulfide) groups is 1. The van der Waals surface area contributed by atoms with Crippen LogP contribution in [0.5, 0.6) is 5.75 Å². The predicted octanol–water partition coefficient (Wildman–Crippen LogP) is 7.37. The van der Waals surface area contributed by atoms with Crippen molar-refractivity contribution in [2.75, 3.05) is 12.4 Å². The number of ether oxygens (including phenoxy) is 2. The fourth-order valence-electron chi connectivity index (χ4n) is 3.73. The molecule has 1 heterocycles. The number of hydrogen-bond acceptors (Lipinski definition) is 6. The smallest absolute Gasteiger partial charge is 0.349 e. The summed E-state index contributed by atoms with van der Waals surface area (Å²) in [7, 11) is 0. The Hall–Kier alpha value is -3.51. The van der Waals surface area contributed by atoms with Crippen molar-refractivity contribution in [2.45, 2.75) is 44.6 Å². The van der Waals surface area contributed by atoms with Crippen LogP contribution in [-0.4, -0.2) is 28.9 Å². The van der Waals surface area contributed by atoms with Gasteiger partial charge in [0, 0.05) is 22.6 Å². The summed E-state index contributed by atoms with van der Waals surface area (Å²) in [6.45, 7) is 7.49. The zero-order valence-corrected chi connectivity index (χ0v) is 21.9. The van der Waals surface area contributed by atoms with Gasteiger partial charge in [0.2, 0.25) is 5.89 Å². The van der Waals surface area contributed by atoms with Gasteiger partial charge >= 0.3 is 5.97 Å². The highest BCUT2D eigenvalue weighted by atomic mass is 32.2. The van der Waals surface area contributed by atoms with E-state index in [9.17, 15) is 4.79 Å². The van der Waals surface area contributed by atoms with Gasteiger partial charge in [-0.25, -0.2) is 9.78 Å². The molecule has 0 N–H and O–H groups in total. The molecule has 0 fully saturated rings. The van der Waals surface area contributed by atoms with Crippen LogP contribution in [0.15, 0.2) is 88.2 Å². The average Bonchev–Trinajstić information content (AvgIpc) is 3.26. The van der Waals surface area contributed by atoms with Crippen LogP contribution in [0.1, 0.15) is 32.2 Å². The molecule has 6 heteroatoms. The first-order chi connectivity index (χ1) is 17.4. The number of rotatable bonds is 10. The van der Waals surface area contributed by atoms with E-state index in [0.717, 1.165) is 34.1 Å². The Kier molecular flexibility index (Phi) is 8.16. The lowest BCUT2D eigenvalue weighted by atomic mass is 10.0. The summed E-state index contributed by atoms with van der Waals surface area (Å²) in [5.74, 6) is 2.62. The molecule has 0 saturated carbocycles. The van der Waals surface area contributed by atoms with Crippen molar-refractivity contribution in [3.8, 4) is 28.3 Å². The maximum absolute atomic E-state index is 12.0. The van der Waals surface area contributed by atoms with Crippen LogP contribution < -0.4 is 4.74 Å². The molecule has 0 spiro atoms. The molecule has 0 bridgehead atoms. The third kappa shape index (κ3) is 6.38. The maximum Gasteiger partial charge on any atom is 0.349 e. The van der Waals surface area contributed by atoms with E-state index in [4.69, 9.17) is 18.9 Å². The monoisotopic (exact) mass is 501 g/mol. The summed E-state index contributed by atoms with van der Waals surface area (Å²) in [6.07, 6.45) is 0.802. The first-order valence-electron chi connectivity index (χ1n) is 12.1. The van der Waals surface area contributed by atoms with Crippen molar-refractivity contribution in [1.29, 1.82) is 0 Å². The molecule has 0 amide bonds. The van der Waals surface area contributed by atoms with Gasteiger partial charge in [-0.3, -0.25) is 0 Å². The van der Waals surface area contributed by atoms with Crippen LogP contribution in [0, 0.1) is 6.92 Å². The Morgan fingerprint density at radius 2 is 1.56 bits per heavy atom. The Balaban J connectivity index is 1.32. The number of hydrogen-bond donors (Lipinski definition) is 0. The third-order valence-corrected chi connectivity index (χ3v) is 6.72. The van der Waals surface area contributed by atoms with Gasteiger partial charge in [-0.1, -0.05) is 42.5 Å².